The van der Waals surface area contributed by atoms with Crippen molar-refractivity contribution in [3.05, 3.63) is 84.4 Å². The summed E-state index contributed by atoms with van der Waals surface area (Å²) in [4.78, 5) is 12.6. The van der Waals surface area contributed by atoms with Gasteiger partial charge in [0.1, 0.15) is 11.5 Å². The maximum absolute atomic E-state index is 12.6. The summed E-state index contributed by atoms with van der Waals surface area (Å²) in [6.45, 7) is 0. The molecule has 3 aromatic rings. The van der Waals surface area contributed by atoms with Crippen LogP contribution in [0.15, 0.2) is 83.8 Å². The maximum Gasteiger partial charge on any atom is 0.240 e. The molecule has 1 amide bonds. The van der Waals surface area contributed by atoms with Gasteiger partial charge in [0.25, 0.3) is 0 Å². The number of anilines is 1. The van der Waals surface area contributed by atoms with Crippen LogP contribution < -0.4 is 14.8 Å². The molecule has 0 atom stereocenters. The fourth-order valence-electron chi connectivity index (χ4n) is 4.06. The fraction of sp³-hybridized carbons (Fsp3) is 0.296. The van der Waals surface area contributed by atoms with Gasteiger partial charge in [-0.2, -0.15) is 0 Å². The number of carbonyl (C=O) groups excluding carboxylic acids is 1. The Bertz CT molecular complexity index is 1170. The van der Waals surface area contributed by atoms with E-state index in [9.17, 15) is 13.2 Å². The van der Waals surface area contributed by atoms with Gasteiger partial charge in [-0.15, -0.1) is 0 Å². The molecule has 4 rings (SSSR count). The summed E-state index contributed by atoms with van der Waals surface area (Å²) >= 11 is 0. The van der Waals surface area contributed by atoms with Gasteiger partial charge in [0.15, 0.2) is 0 Å². The van der Waals surface area contributed by atoms with Crippen LogP contribution in [0.5, 0.6) is 11.5 Å². The second-order valence-electron chi connectivity index (χ2n) is 8.59. The second-order valence-corrected chi connectivity index (χ2v) is 10.3. The van der Waals surface area contributed by atoms with Crippen molar-refractivity contribution in [3.63, 3.8) is 0 Å². The Morgan fingerprint density at radius 2 is 1.47 bits per heavy atom. The third-order valence-corrected chi connectivity index (χ3v) is 7.45. The molecule has 6 nitrogen and oxygen atoms in total. The van der Waals surface area contributed by atoms with Gasteiger partial charge in [-0.05, 0) is 73.4 Å². The van der Waals surface area contributed by atoms with Crippen molar-refractivity contribution in [1.82, 2.24) is 4.72 Å². The lowest BCUT2D eigenvalue weighted by Gasteiger charge is -2.22. The number of sulfonamides is 1. The molecule has 0 unspecified atom stereocenters. The molecule has 0 aliphatic heterocycles. The zero-order chi connectivity index (χ0) is 23.8. The van der Waals surface area contributed by atoms with Gasteiger partial charge >= 0.3 is 0 Å². The van der Waals surface area contributed by atoms with Crippen LogP contribution in [0.25, 0.3) is 0 Å². The quantitative estimate of drug-likeness (QED) is 0.416. The normalized spacial score (nSPS) is 14.5. The summed E-state index contributed by atoms with van der Waals surface area (Å²) < 4.78 is 33.8. The van der Waals surface area contributed by atoms with Gasteiger partial charge in [0.05, 0.1) is 4.90 Å². The minimum Gasteiger partial charge on any atom is -0.457 e. The van der Waals surface area contributed by atoms with Crippen molar-refractivity contribution in [1.29, 1.82) is 0 Å². The molecule has 2 N–H and O–H groups in total. The van der Waals surface area contributed by atoms with E-state index in [0.29, 0.717) is 24.3 Å². The van der Waals surface area contributed by atoms with E-state index in [0.717, 1.165) is 37.0 Å². The van der Waals surface area contributed by atoms with Crippen LogP contribution in [0.1, 0.15) is 44.1 Å². The van der Waals surface area contributed by atoms with Gasteiger partial charge in [-0.1, -0.05) is 49.6 Å². The highest BCUT2D eigenvalue weighted by Crippen LogP contribution is 2.23. The third-order valence-electron chi connectivity index (χ3n) is 5.92. The molecule has 7 heteroatoms. The molecule has 0 radical (unpaired) electrons. The van der Waals surface area contributed by atoms with Crippen LogP contribution in [-0.2, 0) is 21.2 Å². The number of benzene rings is 3. The second kappa shape index (κ2) is 11.3. The van der Waals surface area contributed by atoms with Gasteiger partial charge in [0, 0.05) is 18.2 Å². The number of nitrogens with one attached hydrogen (secondary N) is 2. The van der Waals surface area contributed by atoms with Crippen molar-refractivity contribution in [2.45, 2.75) is 55.9 Å². The zero-order valence-electron chi connectivity index (χ0n) is 19.1. The summed E-state index contributed by atoms with van der Waals surface area (Å²) in [6, 6.07) is 23.5. The molecule has 1 aliphatic carbocycles. The largest absolute Gasteiger partial charge is 0.457 e. The summed E-state index contributed by atoms with van der Waals surface area (Å²) in [5.74, 6) is 1.34. The Balaban J connectivity index is 1.25. The summed E-state index contributed by atoms with van der Waals surface area (Å²) in [7, 11) is -3.51. The predicted molar refractivity (Wildman–Crippen MR) is 134 cm³/mol. The van der Waals surface area contributed by atoms with E-state index >= 15 is 0 Å². The highest BCUT2D eigenvalue weighted by molar-refractivity contribution is 7.89. The third kappa shape index (κ3) is 6.92. The lowest BCUT2D eigenvalue weighted by molar-refractivity contribution is -0.116. The highest BCUT2D eigenvalue weighted by atomic mass is 32.2. The van der Waals surface area contributed by atoms with E-state index in [1.165, 1.54) is 6.42 Å². The average Bonchev–Trinajstić information content (AvgIpc) is 2.85. The van der Waals surface area contributed by atoms with E-state index in [1.54, 1.807) is 36.4 Å². The summed E-state index contributed by atoms with van der Waals surface area (Å²) in [5.41, 5.74) is 1.61. The van der Waals surface area contributed by atoms with E-state index < -0.39 is 10.0 Å². The molecule has 0 heterocycles. The van der Waals surface area contributed by atoms with E-state index in [2.05, 4.69) is 10.0 Å². The van der Waals surface area contributed by atoms with Crippen LogP contribution in [0.4, 0.5) is 5.69 Å². The number of hydrogen-bond acceptors (Lipinski definition) is 4. The predicted octanol–water partition coefficient (Wildman–Crippen LogP) is 5.66. The van der Waals surface area contributed by atoms with Crippen molar-refractivity contribution in [2.24, 2.45) is 0 Å². The van der Waals surface area contributed by atoms with Gasteiger partial charge in [-0.25, -0.2) is 13.1 Å². The minimum atomic E-state index is -3.51. The molecule has 0 aromatic heterocycles. The van der Waals surface area contributed by atoms with E-state index in [4.69, 9.17) is 4.74 Å². The van der Waals surface area contributed by atoms with Crippen molar-refractivity contribution in [2.75, 3.05) is 5.32 Å². The maximum atomic E-state index is 12.6. The van der Waals surface area contributed by atoms with Crippen LogP contribution >= 0.6 is 0 Å². The van der Waals surface area contributed by atoms with E-state index in [1.807, 2.05) is 42.5 Å². The van der Waals surface area contributed by atoms with Crippen LogP contribution in [0.3, 0.4) is 0 Å². The Morgan fingerprint density at radius 3 is 2.15 bits per heavy atom. The Labute approximate surface area is 201 Å². The molecule has 178 valence electrons. The number of amides is 1. The number of carbonyl (C=O) groups is 1. The van der Waals surface area contributed by atoms with Crippen molar-refractivity contribution >= 4 is 21.6 Å². The average molecular weight is 479 g/mol. The summed E-state index contributed by atoms with van der Waals surface area (Å²) in [5, 5.41) is 2.88. The molecule has 1 fully saturated rings. The molecular formula is C27H30N2O4S. The number of ether oxygens (including phenoxy) is 1. The van der Waals surface area contributed by atoms with Crippen LogP contribution in [-0.4, -0.2) is 20.4 Å². The molecule has 3 aromatic carbocycles. The first-order chi connectivity index (χ1) is 16.5. The van der Waals surface area contributed by atoms with Gasteiger partial charge < -0.3 is 10.1 Å². The topological polar surface area (TPSA) is 84.5 Å². The lowest BCUT2D eigenvalue weighted by Crippen LogP contribution is -2.36. The Morgan fingerprint density at radius 1 is 0.824 bits per heavy atom. The first-order valence-corrected chi connectivity index (χ1v) is 13.2. The molecule has 1 saturated carbocycles. The monoisotopic (exact) mass is 478 g/mol. The zero-order valence-corrected chi connectivity index (χ0v) is 19.9. The number of hydrogen-bond donors (Lipinski definition) is 2. The standard InChI is InChI=1S/C27H30N2O4S/c30-27(28-22-14-16-25(17-15-22)33-24-9-5-2-6-10-24)20-13-21-11-18-26(19-12-21)34(31,32)29-23-7-3-1-4-8-23/h2,5-6,9-12,14-19,23,29H,1,3-4,7-8,13,20H2,(H,28,30). The molecule has 0 saturated heterocycles. The Kier molecular flexibility index (Phi) is 7.98. The highest BCUT2D eigenvalue weighted by Gasteiger charge is 2.21. The molecular weight excluding hydrogens is 448 g/mol. The Hall–Kier alpha value is -3.16. The van der Waals surface area contributed by atoms with E-state index in [-0.39, 0.29) is 16.8 Å². The SMILES string of the molecule is O=C(CCc1ccc(S(=O)(=O)NC2CCCCC2)cc1)Nc1ccc(Oc2ccccc2)cc1. The van der Waals surface area contributed by atoms with Crippen LogP contribution in [0, 0.1) is 0 Å². The molecule has 34 heavy (non-hydrogen) atoms. The van der Waals surface area contributed by atoms with Gasteiger partial charge in [-0.3, -0.25) is 4.79 Å². The number of para-hydroxylation sites is 1. The van der Waals surface area contributed by atoms with Crippen molar-refractivity contribution in [3.8, 4) is 11.5 Å². The smallest absolute Gasteiger partial charge is 0.240 e. The van der Waals surface area contributed by atoms with Crippen LogP contribution in [0.2, 0.25) is 0 Å². The first kappa shape index (κ1) is 24.0. The van der Waals surface area contributed by atoms with Gasteiger partial charge in [0.2, 0.25) is 15.9 Å². The fourth-order valence-corrected chi connectivity index (χ4v) is 5.36. The van der Waals surface area contributed by atoms with Crippen molar-refractivity contribution < 1.29 is 17.9 Å². The number of rotatable bonds is 9. The molecule has 0 spiro atoms. The molecule has 0 bridgehead atoms. The lowest BCUT2D eigenvalue weighted by atomic mass is 9.96. The number of aryl methyl sites for hydroxylation is 1. The summed E-state index contributed by atoms with van der Waals surface area (Å²) in [6.07, 6.45) is 5.94. The minimum absolute atomic E-state index is 0.0288. The first-order valence-electron chi connectivity index (χ1n) is 11.7. The molecule has 1 aliphatic rings.